The van der Waals surface area contributed by atoms with E-state index in [4.69, 9.17) is 5.11 Å². The Morgan fingerprint density at radius 1 is 1.06 bits per heavy atom. The zero-order valence-electron chi connectivity index (χ0n) is 11.0. The third kappa shape index (κ3) is 4.37. The second kappa shape index (κ2) is 7.46. The van der Waals surface area contributed by atoms with Crippen molar-refractivity contribution in [2.24, 2.45) is 0 Å². The lowest BCUT2D eigenvalue weighted by molar-refractivity contribution is 0.122. The molecule has 1 aliphatic heterocycles. The SMILES string of the molecule is OCCCCN1CCN(Cc2ccccn2)CC1. The van der Waals surface area contributed by atoms with Crippen LogP contribution in [0, 0.1) is 0 Å². The van der Waals surface area contributed by atoms with Gasteiger partial charge in [0.25, 0.3) is 0 Å². The van der Waals surface area contributed by atoms with E-state index in [1.54, 1.807) is 0 Å². The molecule has 2 heterocycles. The molecule has 0 bridgehead atoms. The maximum atomic E-state index is 8.77. The van der Waals surface area contributed by atoms with Gasteiger partial charge in [-0.15, -0.1) is 0 Å². The second-order valence-electron chi connectivity index (χ2n) is 4.87. The Morgan fingerprint density at radius 2 is 1.83 bits per heavy atom. The van der Waals surface area contributed by atoms with Gasteiger partial charge in [-0.3, -0.25) is 9.88 Å². The fourth-order valence-electron chi connectivity index (χ4n) is 2.34. The zero-order chi connectivity index (χ0) is 12.6. The summed E-state index contributed by atoms with van der Waals surface area (Å²) >= 11 is 0. The van der Waals surface area contributed by atoms with Gasteiger partial charge in [0, 0.05) is 45.5 Å². The van der Waals surface area contributed by atoms with Crippen molar-refractivity contribution < 1.29 is 5.11 Å². The van der Waals surface area contributed by atoms with Gasteiger partial charge in [0.15, 0.2) is 0 Å². The number of hydrogen-bond donors (Lipinski definition) is 1. The smallest absolute Gasteiger partial charge is 0.0543 e. The lowest BCUT2D eigenvalue weighted by Gasteiger charge is -2.34. The number of piperazine rings is 1. The van der Waals surface area contributed by atoms with Crippen molar-refractivity contribution in [1.29, 1.82) is 0 Å². The highest BCUT2D eigenvalue weighted by Crippen LogP contribution is 2.07. The third-order valence-electron chi connectivity index (χ3n) is 3.46. The largest absolute Gasteiger partial charge is 0.396 e. The van der Waals surface area contributed by atoms with Gasteiger partial charge >= 0.3 is 0 Å². The molecule has 1 aromatic rings. The van der Waals surface area contributed by atoms with Crippen LogP contribution >= 0.6 is 0 Å². The molecule has 0 saturated carbocycles. The van der Waals surface area contributed by atoms with Gasteiger partial charge in [-0.25, -0.2) is 0 Å². The fraction of sp³-hybridized carbons (Fsp3) is 0.643. The van der Waals surface area contributed by atoms with Gasteiger partial charge in [0.05, 0.1) is 5.69 Å². The second-order valence-corrected chi connectivity index (χ2v) is 4.87. The van der Waals surface area contributed by atoms with Crippen LogP contribution in [-0.4, -0.2) is 59.2 Å². The molecule has 100 valence electrons. The summed E-state index contributed by atoms with van der Waals surface area (Å²) < 4.78 is 0. The van der Waals surface area contributed by atoms with Crippen LogP contribution in [0.15, 0.2) is 24.4 Å². The monoisotopic (exact) mass is 249 g/mol. The number of hydrogen-bond acceptors (Lipinski definition) is 4. The average Bonchev–Trinajstić information content (AvgIpc) is 2.42. The molecule has 0 amide bonds. The highest BCUT2D eigenvalue weighted by atomic mass is 16.2. The summed E-state index contributed by atoms with van der Waals surface area (Å²) in [5.74, 6) is 0. The van der Waals surface area contributed by atoms with Crippen molar-refractivity contribution in [1.82, 2.24) is 14.8 Å². The van der Waals surface area contributed by atoms with Crippen LogP contribution in [0.4, 0.5) is 0 Å². The Balaban J connectivity index is 1.67. The molecule has 1 N–H and O–H groups in total. The molecule has 0 aliphatic carbocycles. The summed E-state index contributed by atoms with van der Waals surface area (Å²) in [6, 6.07) is 6.10. The summed E-state index contributed by atoms with van der Waals surface area (Å²) in [6.07, 6.45) is 3.89. The molecule has 2 rings (SSSR count). The summed E-state index contributed by atoms with van der Waals surface area (Å²) in [5.41, 5.74) is 1.16. The van der Waals surface area contributed by atoms with Gasteiger partial charge in [-0.2, -0.15) is 0 Å². The molecule has 1 aliphatic rings. The van der Waals surface area contributed by atoms with E-state index in [-0.39, 0.29) is 0 Å². The first kappa shape index (κ1) is 13.5. The number of aliphatic hydroxyl groups excluding tert-OH is 1. The van der Waals surface area contributed by atoms with E-state index < -0.39 is 0 Å². The summed E-state index contributed by atoms with van der Waals surface area (Å²) in [7, 11) is 0. The highest BCUT2D eigenvalue weighted by Gasteiger charge is 2.16. The number of pyridine rings is 1. The Bertz CT molecular complexity index is 323. The number of nitrogens with zero attached hydrogens (tertiary/aromatic N) is 3. The van der Waals surface area contributed by atoms with Gasteiger partial charge < -0.3 is 10.0 Å². The summed E-state index contributed by atoms with van der Waals surface area (Å²) in [4.78, 5) is 9.32. The van der Waals surface area contributed by atoms with Crippen molar-refractivity contribution in [3.05, 3.63) is 30.1 Å². The molecular formula is C14H23N3O. The van der Waals surface area contributed by atoms with Crippen LogP contribution in [0.5, 0.6) is 0 Å². The van der Waals surface area contributed by atoms with Crippen molar-refractivity contribution in [2.75, 3.05) is 39.3 Å². The number of aromatic nitrogens is 1. The minimum Gasteiger partial charge on any atom is -0.396 e. The van der Waals surface area contributed by atoms with Crippen LogP contribution in [0.1, 0.15) is 18.5 Å². The predicted octanol–water partition coefficient (Wildman–Crippen LogP) is 0.972. The number of aliphatic hydroxyl groups is 1. The van der Waals surface area contributed by atoms with Crippen LogP contribution < -0.4 is 0 Å². The lowest BCUT2D eigenvalue weighted by Crippen LogP contribution is -2.46. The van der Waals surface area contributed by atoms with Gasteiger partial charge in [-0.1, -0.05) is 6.07 Å². The van der Waals surface area contributed by atoms with Crippen molar-refractivity contribution in [2.45, 2.75) is 19.4 Å². The Kier molecular flexibility index (Phi) is 5.58. The van der Waals surface area contributed by atoms with Crippen molar-refractivity contribution in [3.8, 4) is 0 Å². The van der Waals surface area contributed by atoms with E-state index in [9.17, 15) is 0 Å². The van der Waals surface area contributed by atoms with Gasteiger partial charge in [-0.05, 0) is 31.5 Å². The molecule has 0 radical (unpaired) electrons. The van der Waals surface area contributed by atoms with Crippen molar-refractivity contribution in [3.63, 3.8) is 0 Å². The molecule has 0 atom stereocenters. The maximum absolute atomic E-state index is 8.77. The molecule has 1 aromatic heterocycles. The van der Waals surface area contributed by atoms with E-state index >= 15 is 0 Å². The van der Waals surface area contributed by atoms with Crippen LogP contribution in [0.3, 0.4) is 0 Å². The van der Waals surface area contributed by atoms with Gasteiger partial charge in [0.1, 0.15) is 0 Å². The maximum Gasteiger partial charge on any atom is 0.0543 e. The predicted molar refractivity (Wildman–Crippen MR) is 72.3 cm³/mol. The minimum atomic E-state index is 0.319. The lowest BCUT2D eigenvalue weighted by atomic mass is 10.2. The van der Waals surface area contributed by atoms with Crippen LogP contribution in [-0.2, 0) is 6.54 Å². The summed E-state index contributed by atoms with van der Waals surface area (Å²) in [5, 5.41) is 8.77. The van der Waals surface area contributed by atoms with E-state index in [1.807, 2.05) is 18.3 Å². The Labute approximate surface area is 109 Å². The number of rotatable bonds is 6. The van der Waals surface area contributed by atoms with Crippen molar-refractivity contribution >= 4 is 0 Å². The average molecular weight is 249 g/mol. The standard InChI is InChI=1S/C14H23N3O/c18-12-4-3-7-16-8-10-17(11-9-16)13-14-5-1-2-6-15-14/h1-2,5-6,18H,3-4,7-13H2. The van der Waals surface area contributed by atoms with E-state index in [2.05, 4.69) is 20.9 Å². The summed E-state index contributed by atoms with van der Waals surface area (Å²) in [6.45, 7) is 6.92. The van der Waals surface area contributed by atoms with Gasteiger partial charge in [0.2, 0.25) is 0 Å². The molecule has 4 nitrogen and oxygen atoms in total. The first-order chi connectivity index (χ1) is 8.88. The first-order valence-corrected chi connectivity index (χ1v) is 6.84. The molecular weight excluding hydrogens is 226 g/mol. The molecule has 0 aromatic carbocycles. The van der Waals surface area contributed by atoms with E-state index in [1.165, 1.54) is 0 Å². The fourth-order valence-corrected chi connectivity index (χ4v) is 2.34. The molecule has 18 heavy (non-hydrogen) atoms. The Morgan fingerprint density at radius 3 is 2.50 bits per heavy atom. The topological polar surface area (TPSA) is 39.6 Å². The molecule has 1 saturated heterocycles. The first-order valence-electron chi connectivity index (χ1n) is 6.84. The van der Waals surface area contributed by atoms with E-state index in [0.29, 0.717) is 6.61 Å². The third-order valence-corrected chi connectivity index (χ3v) is 3.46. The van der Waals surface area contributed by atoms with Crippen LogP contribution in [0.2, 0.25) is 0 Å². The minimum absolute atomic E-state index is 0.319. The van der Waals surface area contributed by atoms with E-state index in [0.717, 1.165) is 57.8 Å². The number of unbranched alkanes of at least 4 members (excludes halogenated alkanes) is 1. The quantitative estimate of drug-likeness (QED) is 0.763. The highest BCUT2D eigenvalue weighted by molar-refractivity contribution is 5.03. The zero-order valence-corrected chi connectivity index (χ0v) is 11.0. The Hall–Kier alpha value is -0.970. The molecule has 4 heteroatoms. The molecule has 0 unspecified atom stereocenters. The van der Waals surface area contributed by atoms with Crippen LogP contribution in [0.25, 0.3) is 0 Å². The normalized spacial score (nSPS) is 18.1. The molecule has 0 spiro atoms. The molecule has 1 fully saturated rings.